The van der Waals surface area contributed by atoms with Gasteiger partial charge < -0.3 is 10.6 Å². The molecule has 3 rings (SSSR count). The summed E-state index contributed by atoms with van der Waals surface area (Å²) in [5.74, 6) is 0.106. The van der Waals surface area contributed by atoms with Gasteiger partial charge in [0, 0.05) is 22.7 Å². The van der Waals surface area contributed by atoms with Crippen molar-refractivity contribution in [3.63, 3.8) is 0 Å². The lowest BCUT2D eigenvalue weighted by atomic mass is 10.2. The van der Waals surface area contributed by atoms with Gasteiger partial charge in [-0.15, -0.1) is 11.3 Å². The molecule has 0 aromatic carbocycles. The summed E-state index contributed by atoms with van der Waals surface area (Å²) in [6.07, 6.45) is 5.92. The Hall–Kier alpha value is -1.88. The van der Waals surface area contributed by atoms with E-state index >= 15 is 0 Å². The molecule has 0 saturated heterocycles. The molecule has 1 fully saturated rings. The van der Waals surface area contributed by atoms with Crippen LogP contribution in [0.4, 0.5) is 5.69 Å². The van der Waals surface area contributed by atoms with Crippen molar-refractivity contribution in [1.29, 1.82) is 5.41 Å². The Bertz CT molecular complexity index is 575. The second-order valence-corrected chi connectivity index (χ2v) is 5.78. The van der Waals surface area contributed by atoms with Crippen molar-refractivity contribution in [3.8, 4) is 0 Å². The summed E-state index contributed by atoms with van der Waals surface area (Å²) in [5, 5.41) is 9.80. The van der Waals surface area contributed by atoms with Gasteiger partial charge in [0.05, 0.1) is 18.4 Å². The highest BCUT2D eigenvalue weighted by Gasteiger charge is 2.31. The number of amidine groups is 1. The third kappa shape index (κ3) is 2.61. The fourth-order valence-corrected chi connectivity index (χ4v) is 2.91. The van der Waals surface area contributed by atoms with Crippen LogP contribution >= 0.6 is 11.3 Å². The van der Waals surface area contributed by atoms with Crippen LogP contribution < -0.4 is 10.6 Å². The molecule has 0 spiro atoms. The predicted octanol–water partition coefficient (Wildman–Crippen LogP) is 2.60. The SMILES string of the molecule is N=C(N)c1ccncc1N(Cc1cccs1)C1CC1. The molecular weight excluding hydrogens is 256 g/mol. The van der Waals surface area contributed by atoms with Gasteiger partial charge in [0.2, 0.25) is 0 Å². The van der Waals surface area contributed by atoms with Crippen LogP contribution in [0.1, 0.15) is 23.3 Å². The van der Waals surface area contributed by atoms with E-state index in [2.05, 4.69) is 27.4 Å². The number of aromatic nitrogens is 1. The van der Waals surface area contributed by atoms with Gasteiger partial charge in [0.25, 0.3) is 0 Å². The van der Waals surface area contributed by atoms with Gasteiger partial charge in [-0.3, -0.25) is 10.4 Å². The maximum absolute atomic E-state index is 7.71. The highest BCUT2D eigenvalue weighted by atomic mass is 32.1. The van der Waals surface area contributed by atoms with Crippen molar-refractivity contribution >= 4 is 22.9 Å². The molecule has 2 heterocycles. The Labute approximate surface area is 116 Å². The van der Waals surface area contributed by atoms with E-state index in [1.54, 1.807) is 17.5 Å². The predicted molar refractivity (Wildman–Crippen MR) is 78.8 cm³/mol. The van der Waals surface area contributed by atoms with E-state index in [0.717, 1.165) is 17.8 Å². The normalized spacial score (nSPS) is 14.3. The van der Waals surface area contributed by atoms with Crippen molar-refractivity contribution in [2.75, 3.05) is 4.90 Å². The molecule has 0 radical (unpaired) electrons. The zero-order chi connectivity index (χ0) is 13.2. The first-order valence-corrected chi connectivity index (χ1v) is 7.21. The lowest BCUT2D eigenvalue weighted by molar-refractivity contribution is 0.799. The first-order chi connectivity index (χ1) is 9.25. The standard InChI is InChI=1S/C14H16N4S/c15-14(16)12-5-6-17-8-13(12)18(10-3-4-10)9-11-2-1-7-19-11/h1-2,5-8,10H,3-4,9H2,(H3,15,16). The number of hydrogen-bond donors (Lipinski definition) is 2. The number of rotatable bonds is 5. The highest BCUT2D eigenvalue weighted by molar-refractivity contribution is 7.09. The average Bonchev–Trinajstić information content (AvgIpc) is 3.13. The number of anilines is 1. The van der Waals surface area contributed by atoms with Gasteiger partial charge in [-0.2, -0.15) is 0 Å². The maximum Gasteiger partial charge on any atom is 0.125 e. The summed E-state index contributed by atoms with van der Waals surface area (Å²) < 4.78 is 0. The van der Waals surface area contributed by atoms with Crippen LogP contribution in [0.25, 0.3) is 0 Å². The van der Waals surface area contributed by atoms with E-state index in [0.29, 0.717) is 6.04 Å². The van der Waals surface area contributed by atoms with E-state index in [9.17, 15) is 0 Å². The van der Waals surface area contributed by atoms with Crippen LogP contribution in [0.5, 0.6) is 0 Å². The summed E-state index contributed by atoms with van der Waals surface area (Å²) in [5.41, 5.74) is 7.43. The quantitative estimate of drug-likeness (QED) is 0.649. The lowest BCUT2D eigenvalue weighted by Crippen LogP contribution is -2.28. The van der Waals surface area contributed by atoms with E-state index in [-0.39, 0.29) is 5.84 Å². The van der Waals surface area contributed by atoms with Gasteiger partial charge in [0.15, 0.2) is 0 Å². The van der Waals surface area contributed by atoms with Crippen molar-refractivity contribution in [3.05, 3.63) is 46.4 Å². The molecular formula is C14H16N4S. The summed E-state index contributed by atoms with van der Waals surface area (Å²) in [6, 6.07) is 6.59. The smallest absolute Gasteiger partial charge is 0.125 e. The Morgan fingerprint density at radius 2 is 2.32 bits per heavy atom. The second-order valence-electron chi connectivity index (χ2n) is 4.74. The molecule has 4 nitrogen and oxygen atoms in total. The fourth-order valence-electron chi connectivity index (χ4n) is 2.21. The molecule has 19 heavy (non-hydrogen) atoms. The molecule has 1 aliphatic rings. The van der Waals surface area contributed by atoms with Gasteiger partial charge in [-0.1, -0.05) is 6.07 Å². The molecule has 2 aromatic rings. The number of nitrogens with zero attached hydrogens (tertiary/aromatic N) is 2. The van der Waals surface area contributed by atoms with Crippen LogP contribution in [0.2, 0.25) is 0 Å². The largest absolute Gasteiger partial charge is 0.384 e. The Morgan fingerprint density at radius 1 is 1.47 bits per heavy atom. The minimum Gasteiger partial charge on any atom is -0.384 e. The number of thiophene rings is 1. The van der Waals surface area contributed by atoms with Gasteiger partial charge >= 0.3 is 0 Å². The molecule has 98 valence electrons. The van der Waals surface area contributed by atoms with E-state index < -0.39 is 0 Å². The summed E-state index contributed by atoms with van der Waals surface area (Å²) in [6.45, 7) is 0.869. The van der Waals surface area contributed by atoms with Crippen LogP contribution in [-0.4, -0.2) is 16.9 Å². The van der Waals surface area contributed by atoms with Crippen molar-refractivity contribution < 1.29 is 0 Å². The summed E-state index contributed by atoms with van der Waals surface area (Å²) in [7, 11) is 0. The highest BCUT2D eigenvalue weighted by Crippen LogP contribution is 2.35. The monoisotopic (exact) mass is 272 g/mol. The zero-order valence-corrected chi connectivity index (χ0v) is 11.4. The molecule has 5 heteroatoms. The van der Waals surface area contributed by atoms with Crippen molar-refractivity contribution in [1.82, 2.24) is 4.98 Å². The maximum atomic E-state index is 7.71. The molecule has 0 aliphatic heterocycles. The number of pyridine rings is 1. The van der Waals surface area contributed by atoms with Crippen LogP contribution in [0.15, 0.2) is 36.0 Å². The second kappa shape index (κ2) is 5.01. The molecule has 0 amide bonds. The van der Waals surface area contributed by atoms with E-state index in [1.807, 2.05) is 12.3 Å². The van der Waals surface area contributed by atoms with Crippen molar-refractivity contribution in [2.24, 2.45) is 5.73 Å². The molecule has 2 aromatic heterocycles. The van der Waals surface area contributed by atoms with E-state index in [1.165, 1.54) is 17.7 Å². The Morgan fingerprint density at radius 3 is 2.95 bits per heavy atom. The molecule has 3 N–H and O–H groups in total. The average molecular weight is 272 g/mol. The number of hydrogen-bond acceptors (Lipinski definition) is 4. The van der Waals surface area contributed by atoms with Crippen LogP contribution in [0.3, 0.4) is 0 Å². The lowest BCUT2D eigenvalue weighted by Gasteiger charge is -2.25. The van der Waals surface area contributed by atoms with Crippen LogP contribution in [-0.2, 0) is 6.54 Å². The first-order valence-electron chi connectivity index (χ1n) is 6.33. The first kappa shape index (κ1) is 12.2. The molecule has 0 bridgehead atoms. The molecule has 1 aliphatic carbocycles. The fraction of sp³-hybridized carbons (Fsp3) is 0.286. The molecule has 0 unspecified atom stereocenters. The van der Waals surface area contributed by atoms with Gasteiger partial charge in [-0.25, -0.2) is 0 Å². The third-order valence-corrected chi connectivity index (χ3v) is 4.15. The minimum absolute atomic E-state index is 0.106. The topological polar surface area (TPSA) is 66.0 Å². The summed E-state index contributed by atoms with van der Waals surface area (Å²) >= 11 is 1.76. The van der Waals surface area contributed by atoms with Gasteiger partial charge in [0.1, 0.15) is 5.84 Å². The van der Waals surface area contributed by atoms with Crippen LogP contribution in [0, 0.1) is 5.41 Å². The zero-order valence-electron chi connectivity index (χ0n) is 10.5. The van der Waals surface area contributed by atoms with Gasteiger partial charge in [-0.05, 0) is 30.4 Å². The number of nitrogens with two attached hydrogens (primary N) is 1. The number of nitrogens with one attached hydrogen (secondary N) is 1. The van der Waals surface area contributed by atoms with E-state index in [4.69, 9.17) is 11.1 Å². The Kier molecular flexibility index (Phi) is 3.21. The molecule has 0 atom stereocenters. The Balaban J connectivity index is 1.94. The minimum atomic E-state index is 0.106. The third-order valence-electron chi connectivity index (χ3n) is 3.29. The molecule has 1 saturated carbocycles. The van der Waals surface area contributed by atoms with Crippen molar-refractivity contribution in [2.45, 2.75) is 25.4 Å². The number of nitrogen functional groups attached to an aromatic ring is 1. The summed E-state index contributed by atoms with van der Waals surface area (Å²) in [4.78, 5) is 7.85.